The summed E-state index contributed by atoms with van der Waals surface area (Å²) >= 11 is 0. The summed E-state index contributed by atoms with van der Waals surface area (Å²) in [4.78, 5) is 0. The number of ether oxygens (including phenoxy) is 1. The third kappa shape index (κ3) is 2.64. The van der Waals surface area contributed by atoms with Crippen LogP contribution in [0.4, 0.5) is 0 Å². The van der Waals surface area contributed by atoms with Crippen LogP contribution in [0.25, 0.3) is 11.1 Å². The Labute approximate surface area is 117 Å². The summed E-state index contributed by atoms with van der Waals surface area (Å²) < 4.78 is 5.72. The van der Waals surface area contributed by atoms with E-state index in [2.05, 4.69) is 0 Å². The highest BCUT2D eigenvalue weighted by molar-refractivity contribution is 5.67. The van der Waals surface area contributed by atoms with Crippen LogP contribution in [0.3, 0.4) is 0 Å². The number of para-hydroxylation sites is 1. The van der Waals surface area contributed by atoms with Gasteiger partial charge in [0.2, 0.25) is 0 Å². The van der Waals surface area contributed by atoms with Gasteiger partial charge < -0.3 is 9.84 Å². The Hall–Kier alpha value is -2.74. The molecule has 0 saturated carbocycles. The molecular formula is C18H14O2. The highest BCUT2D eigenvalue weighted by Gasteiger charge is 2.06. The third-order valence-electron chi connectivity index (χ3n) is 3.04. The SMILES string of the molecule is Oc1ccc(-c2ccccc2)cc1Oc1ccccc1. The number of rotatable bonds is 3. The smallest absolute Gasteiger partial charge is 0.169 e. The lowest BCUT2D eigenvalue weighted by Crippen LogP contribution is -1.86. The van der Waals surface area contributed by atoms with E-state index in [0.717, 1.165) is 11.1 Å². The van der Waals surface area contributed by atoms with E-state index in [0.29, 0.717) is 11.5 Å². The minimum absolute atomic E-state index is 0.133. The first-order valence-electron chi connectivity index (χ1n) is 6.44. The highest BCUT2D eigenvalue weighted by atomic mass is 16.5. The van der Waals surface area contributed by atoms with Crippen LogP contribution in [0.5, 0.6) is 17.2 Å². The molecule has 3 aromatic rings. The Bertz CT molecular complexity index is 691. The lowest BCUT2D eigenvalue weighted by atomic mass is 10.1. The van der Waals surface area contributed by atoms with Gasteiger partial charge in [0, 0.05) is 0 Å². The number of hydrogen-bond acceptors (Lipinski definition) is 2. The minimum Gasteiger partial charge on any atom is -0.504 e. The fourth-order valence-corrected chi connectivity index (χ4v) is 2.02. The molecule has 0 amide bonds. The second-order valence-electron chi connectivity index (χ2n) is 4.46. The number of aromatic hydroxyl groups is 1. The Morgan fingerprint density at radius 2 is 1.30 bits per heavy atom. The van der Waals surface area contributed by atoms with Crippen molar-refractivity contribution in [1.29, 1.82) is 0 Å². The predicted molar refractivity (Wildman–Crippen MR) is 80.1 cm³/mol. The topological polar surface area (TPSA) is 29.5 Å². The zero-order chi connectivity index (χ0) is 13.8. The Kier molecular flexibility index (Phi) is 3.38. The van der Waals surface area contributed by atoms with Gasteiger partial charge in [-0.05, 0) is 35.4 Å². The summed E-state index contributed by atoms with van der Waals surface area (Å²) in [6.07, 6.45) is 0. The van der Waals surface area contributed by atoms with Crippen LogP contribution in [0, 0.1) is 0 Å². The summed E-state index contributed by atoms with van der Waals surface area (Å²) in [5, 5.41) is 9.92. The summed E-state index contributed by atoms with van der Waals surface area (Å²) in [5.41, 5.74) is 2.10. The van der Waals surface area contributed by atoms with Gasteiger partial charge in [0.25, 0.3) is 0 Å². The Morgan fingerprint density at radius 1 is 0.650 bits per heavy atom. The second-order valence-corrected chi connectivity index (χ2v) is 4.46. The van der Waals surface area contributed by atoms with Crippen LogP contribution >= 0.6 is 0 Å². The van der Waals surface area contributed by atoms with Crippen LogP contribution in [-0.2, 0) is 0 Å². The van der Waals surface area contributed by atoms with Crippen LogP contribution in [0.15, 0.2) is 78.9 Å². The van der Waals surface area contributed by atoms with Crippen LogP contribution in [-0.4, -0.2) is 5.11 Å². The van der Waals surface area contributed by atoms with Crippen molar-refractivity contribution in [3.63, 3.8) is 0 Å². The van der Waals surface area contributed by atoms with E-state index in [1.165, 1.54) is 0 Å². The minimum atomic E-state index is 0.133. The zero-order valence-corrected chi connectivity index (χ0v) is 10.9. The monoisotopic (exact) mass is 262 g/mol. The Balaban J connectivity index is 1.95. The average Bonchev–Trinajstić information content (AvgIpc) is 2.51. The molecule has 0 radical (unpaired) electrons. The van der Waals surface area contributed by atoms with E-state index in [-0.39, 0.29) is 5.75 Å². The van der Waals surface area contributed by atoms with Crippen LogP contribution in [0.1, 0.15) is 0 Å². The van der Waals surface area contributed by atoms with Gasteiger partial charge in [0.1, 0.15) is 5.75 Å². The van der Waals surface area contributed by atoms with E-state index in [1.54, 1.807) is 6.07 Å². The molecule has 3 aromatic carbocycles. The maximum atomic E-state index is 9.92. The molecule has 98 valence electrons. The molecule has 2 heteroatoms. The number of benzene rings is 3. The first-order valence-corrected chi connectivity index (χ1v) is 6.44. The molecule has 0 aromatic heterocycles. The summed E-state index contributed by atoms with van der Waals surface area (Å²) in [6, 6.07) is 24.8. The van der Waals surface area contributed by atoms with Crippen molar-refractivity contribution in [3.05, 3.63) is 78.9 Å². The number of phenols is 1. The third-order valence-corrected chi connectivity index (χ3v) is 3.04. The summed E-state index contributed by atoms with van der Waals surface area (Å²) in [5.74, 6) is 1.29. The number of hydrogen-bond donors (Lipinski definition) is 1. The van der Waals surface area contributed by atoms with Crippen molar-refractivity contribution in [3.8, 4) is 28.4 Å². The molecule has 0 unspecified atom stereocenters. The summed E-state index contributed by atoms with van der Waals surface area (Å²) in [7, 11) is 0. The maximum Gasteiger partial charge on any atom is 0.169 e. The molecule has 0 aliphatic rings. The molecule has 2 nitrogen and oxygen atoms in total. The van der Waals surface area contributed by atoms with E-state index in [1.807, 2.05) is 72.8 Å². The van der Waals surface area contributed by atoms with E-state index in [4.69, 9.17) is 4.74 Å². The molecule has 3 rings (SSSR count). The van der Waals surface area contributed by atoms with Gasteiger partial charge in [0.05, 0.1) is 0 Å². The van der Waals surface area contributed by atoms with Crippen molar-refractivity contribution in [1.82, 2.24) is 0 Å². The molecule has 0 saturated heterocycles. The molecule has 0 bridgehead atoms. The van der Waals surface area contributed by atoms with E-state index >= 15 is 0 Å². The fourth-order valence-electron chi connectivity index (χ4n) is 2.02. The van der Waals surface area contributed by atoms with Gasteiger partial charge in [-0.15, -0.1) is 0 Å². The predicted octanol–water partition coefficient (Wildman–Crippen LogP) is 4.85. The molecule has 0 atom stereocenters. The van der Waals surface area contributed by atoms with Crippen molar-refractivity contribution in [2.45, 2.75) is 0 Å². The molecule has 0 aliphatic heterocycles. The number of phenolic OH excluding ortho intramolecular Hbond substituents is 1. The highest BCUT2D eigenvalue weighted by Crippen LogP contribution is 2.34. The van der Waals surface area contributed by atoms with Crippen molar-refractivity contribution >= 4 is 0 Å². The molecule has 20 heavy (non-hydrogen) atoms. The average molecular weight is 262 g/mol. The zero-order valence-electron chi connectivity index (χ0n) is 10.9. The van der Waals surface area contributed by atoms with Crippen molar-refractivity contribution < 1.29 is 9.84 Å². The standard InChI is InChI=1S/C18H14O2/c19-17-12-11-15(14-7-3-1-4-8-14)13-18(17)20-16-9-5-2-6-10-16/h1-13,19H. The quantitative estimate of drug-likeness (QED) is 0.731. The van der Waals surface area contributed by atoms with Gasteiger partial charge in [-0.3, -0.25) is 0 Å². The largest absolute Gasteiger partial charge is 0.504 e. The van der Waals surface area contributed by atoms with Gasteiger partial charge in [-0.1, -0.05) is 54.6 Å². The molecular weight excluding hydrogens is 248 g/mol. The normalized spacial score (nSPS) is 10.2. The van der Waals surface area contributed by atoms with Gasteiger partial charge >= 0.3 is 0 Å². The molecule has 1 N–H and O–H groups in total. The lowest BCUT2D eigenvalue weighted by Gasteiger charge is -2.09. The van der Waals surface area contributed by atoms with Crippen molar-refractivity contribution in [2.24, 2.45) is 0 Å². The summed E-state index contributed by atoms with van der Waals surface area (Å²) in [6.45, 7) is 0. The Morgan fingerprint density at radius 3 is 2.00 bits per heavy atom. The molecule has 0 spiro atoms. The van der Waals surface area contributed by atoms with Gasteiger partial charge in [-0.2, -0.15) is 0 Å². The van der Waals surface area contributed by atoms with E-state index < -0.39 is 0 Å². The fraction of sp³-hybridized carbons (Fsp3) is 0. The van der Waals surface area contributed by atoms with Crippen molar-refractivity contribution in [2.75, 3.05) is 0 Å². The lowest BCUT2D eigenvalue weighted by molar-refractivity contribution is 0.411. The van der Waals surface area contributed by atoms with E-state index in [9.17, 15) is 5.11 Å². The van der Waals surface area contributed by atoms with Crippen LogP contribution in [0.2, 0.25) is 0 Å². The van der Waals surface area contributed by atoms with Gasteiger partial charge in [-0.25, -0.2) is 0 Å². The van der Waals surface area contributed by atoms with Gasteiger partial charge in [0.15, 0.2) is 11.5 Å². The first kappa shape index (κ1) is 12.3. The van der Waals surface area contributed by atoms with Crippen LogP contribution < -0.4 is 4.74 Å². The second kappa shape index (κ2) is 5.49. The maximum absolute atomic E-state index is 9.92. The molecule has 0 heterocycles. The first-order chi connectivity index (χ1) is 9.83. The molecule has 0 fully saturated rings. The molecule has 0 aliphatic carbocycles.